The molecule has 0 amide bonds. The number of hydrogen-bond acceptors (Lipinski definition) is 2. The maximum absolute atomic E-state index is 11.8. The minimum Gasteiger partial charge on any atom is -0.496 e. The fourth-order valence-corrected chi connectivity index (χ4v) is 1.47. The molecule has 0 saturated carbocycles. The van der Waals surface area contributed by atoms with E-state index in [1.165, 1.54) is 5.56 Å². The molecule has 0 bridgehead atoms. The second-order valence-corrected chi connectivity index (χ2v) is 3.91. The molecule has 0 unspecified atom stereocenters. The second-order valence-electron chi connectivity index (χ2n) is 3.91. The van der Waals surface area contributed by atoms with Crippen LogP contribution >= 0.6 is 0 Å². The molecule has 1 aromatic carbocycles. The third-order valence-corrected chi connectivity index (χ3v) is 2.46. The fraction of sp³-hybridized carbons (Fsp3) is 0.462. The Morgan fingerprint density at radius 3 is 2.53 bits per heavy atom. The van der Waals surface area contributed by atoms with E-state index in [2.05, 4.69) is 6.92 Å². The molecule has 0 radical (unpaired) electrons. The molecule has 2 nitrogen and oxygen atoms in total. The van der Waals surface area contributed by atoms with Crippen LogP contribution in [0.25, 0.3) is 0 Å². The van der Waals surface area contributed by atoms with E-state index >= 15 is 0 Å². The van der Waals surface area contributed by atoms with E-state index in [0.717, 1.165) is 6.42 Å². The van der Waals surface area contributed by atoms with Crippen LogP contribution in [0.5, 0.6) is 5.75 Å². The molecule has 1 rings (SSSR count). The van der Waals surface area contributed by atoms with Crippen molar-refractivity contribution >= 4 is 5.78 Å². The highest BCUT2D eigenvalue weighted by Gasteiger charge is 2.15. The van der Waals surface area contributed by atoms with Crippen LogP contribution in [-0.2, 0) is 6.42 Å². The van der Waals surface area contributed by atoms with Crippen LogP contribution in [0, 0.1) is 5.92 Å². The quantitative estimate of drug-likeness (QED) is 0.707. The molecule has 0 aliphatic rings. The molecule has 0 heterocycles. The van der Waals surface area contributed by atoms with Crippen molar-refractivity contribution in [1.82, 2.24) is 0 Å². The fourth-order valence-electron chi connectivity index (χ4n) is 1.47. The summed E-state index contributed by atoms with van der Waals surface area (Å²) in [6.45, 7) is 5.88. The summed E-state index contributed by atoms with van der Waals surface area (Å²) in [5, 5.41) is 0. The number of carbonyl (C=O) groups is 1. The largest absolute Gasteiger partial charge is 0.496 e. The number of ketones is 1. The summed E-state index contributed by atoms with van der Waals surface area (Å²) in [7, 11) is 1.60. The normalized spacial score (nSPS) is 10.5. The number of methoxy groups -OCH3 is 1. The van der Waals surface area contributed by atoms with Gasteiger partial charge in [-0.25, -0.2) is 0 Å². The summed E-state index contributed by atoms with van der Waals surface area (Å²) in [4.78, 5) is 11.8. The van der Waals surface area contributed by atoms with Crippen LogP contribution in [0.2, 0.25) is 0 Å². The standard InChI is InChI=1S/C13H18O2/c1-5-10-6-7-11(12(8-10)15-4)13(14)9(2)3/h6-9H,5H2,1-4H3. The SMILES string of the molecule is CCc1ccc(C(=O)C(C)C)c(OC)c1. The van der Waals surface area contributed by atoms with Crippen molar-refractivity contribution in [2.24, 2.45) is 5.92 Å². The van der Waals surface area contributed by atoms with Gasteiger partial charge in [-0.15, -0.1) is 0 Å². The molecule has 0 N–H and O–H groups in total. The molecule has 1 aromatic rings. The molecule has 2 heteroatoms. The molecular weight excluding hydrogens is 188 g/mol. The van der Waals surface area contributed by atoms with Gasteiger partial charge < -0.3 is 4.74 Å². The van der Waals surface area contributed by atoms with Gasteiger partial charge in [-0.05, 0) is 24.1 Å². The van der Waals surface area contributed by atoms with Crippen LogP contribution in [0.4, 0.5) is 0 Å². The van der Waals surface area contributed by atoms with Gasteiger partial charge in [0.2, 0.25) is 0 Å². The second kappa shape index (κ2) is 4.96. The average molecular weight is 206 g/mol. The molecule has 0 fully saturated rings. The summed E-state index contributed by atoms with van der Waals surface area (Å²) < 4.78 is 5.24. The van der Waals surface area contributed by atoms with Crippen molar-refractivity contribution in [1.29, 1.82) is 0 Å². The van der Waals surface area contributed by atoms with E-state index in [1.807, 2.05) is 32.0 Å². The molecule has 0 aliphatic carbocycles. The number of hydrogen-bond donors (Lipinski definition) is 0. The lowest BCUT2D eigenvalue weighted by atomic mass is 9.98. The lowest BCUT2D eigenvalue weighted by Crippen LogP contribution is -2.09. The maximum Gasteiger partial charge on any atom is 0.169 e. The lowest BCUT2D eigenvalue weighted by molar-refractivity contribution is 0.0936. The molecule has 0 spiro atoms. The minimum absolute atomic E-state index is 0.00590. The first kappa shape index (κ1) is 11.8. The molecule has 0 aliphatic heterocycles. The summed E-state index contributed by atoms with van der Waals surface area (Å²) >= 11 is 0. The first-order chi connectivity index (χ1) is 7.10. The van der Waals surface area contributed by atoms with Crippen molar-refractivity contribution in [3.63, 3.8) is 0 Å². The lowest BCUT2D eigenvalue weighted by Gasteiger charge is -2.10. The summed E-state index contributed by atoms with van der Waals surface area (Å²) in [6, 6.07) is 5.79. The van der Waals surface area contributed by atoms with E-state index in [-0.39, 0.29) is 11.7 Å². The van der Waals surface area contributed by atoms with E-state index in [0.29, 0.717) is 11.3 Å². The van der Waals surface area contributed by atoms with Gasteiger partial charge in [-0.1, -0.05) is 26.8 Å². The Balaban J connectivity index is 3.13. The third-order valence-electron chi connectivity index (χ3n) is 2.46. The zero-order valence-corrected chi connectivity index (χ0v) is 9.83. The number of Topliss-reactive ketones (excluding diaryl/α,β-unsaturated/α-hetero) is 1. The van der Waals surface area contributed by atoms with E-state index in [1.54, 1.807) is 7.11 Å². The highest BCUT2D eigenvalue weighted by Crippen LogP contribution is 2.23. The van der Waals surface area contributed by atoms with Gasteiger partial charge in [0, 0.05) is 5.92 Å². The number of carbonyl (C=O) groups excluding carboxylic acids is 1. The van der Waals surface area contributed by atoms with Gasteiger partial charge >= 0.3 is 0 Å². The minimum atomic E-state index is 0.00590. The Morgan fingerprint density at radius 2 is 2.07 bits per heavy atom. The Labute approximate surface area is 91.3 Å². The zero-order chi connectivity index (χ0) is 11.4. The van der Waals surface area contributed by atoms with E-state index in [9.17, 15) is 4.79 Å². The Morgan fingerprint density at radius 1 is 1.40 bits per heavy atom. The molecule has 0 atom stereocenters. The first-order valence-corrected chi connectivity index (χ1v) is 5.31. The average Bonchev–Trinajstić information content (AvgIpc) is 2.27. The van der Waals surface area contributed by atoms with Crippen LogP contribution in [0.15, 0.2) is 18.2 Å². The molecule has 0 saturated heterocycles. The number of aryl methyl sites for hydroxylation is 1. The predicted molar refractivity (Wildman–Crippen MR) is 61.5 cm³/mol. The van der Waals surface area contributed by atoms with Crippen LogP contribution < -0.4 is 4.74 Å². The van der Waals surface area contributed by atoms with Crippen molar-refractivity contribution in [3.8, 4) is 5.75 Å². The predicted octanol–water partition coefficient (Wildman–Crippen LogP) is 3.10. The monoisotopic (exact) mass is 206 g/mol. The molecular formula is C13H18O2. The maximum atomic E-state index is 11.8. The van der Waals surface area contributed by atoms with Crippen molar-refractivity contribution in [3.05, 3.63) is 29.3 Å². The zero-order valence-electron chi connectivity index (χ0n) is 9.83. The highest BCUT2D eigenvalue weighted by molar-refractivity contribution is 5.99. The van der Waals surface area contributed by atoms with Crippen molar-refractivity contribution in [2.45, 2.75) is 27.2 Å². The Bertz CT molecular complexity index is 354. The third kappa shape index (κ3) is 2.58. The number of benzene rings is 1. The molecule has 15 heavy (non-hydrogen) atoms. The van der Waals surface area contributed by atoms with Crippen LogP contribution in [0.3, 0.4) is 0 Å². The summed E-state index contributed by atoms with van der Waals surface area (Å²) in [5.41, 5.74) is 1.87. The van der Waals surface area contributed by atoms with Crippen LogP contribution in [-0.4, -0.2) is 12.9 Å². The number of rotatable bonds is 4. The number of ether oxygens (including phenoxy) is 1. The van der Waals surface area contributed by atoms with Crippen molar-refractivity contribution < 1.29 is 9.53 Å². The molecule has 0 aromatic heterocycles. The molecule has 82 valence electrons. The first-order valence-electron chi connectivity index (χ1n) is 5.31. The van der Waals surface area contributed by atoms with Gasteiger partial charge in [0.05, 0.1) is 12.7 Å². The topological polar surface area (TPSA) is 26.3 Å². The van der Waals surface area contributed by atoms with Gasteiger partial charge in [-0.2, -0.15) is 0 Å². The Hall–Kier alpha value is -1.31. The van der Waals surface area contributed by atoms with Gasteiger partial charge in [0.1, 0.15) is 5.75 Å². The summed E-state index contributed by atoms with van der Waals surface area (Å²) in [6.07, 6.45) is 0.951. The van der Waals surface area contributed by atoms with Crippen molar-refractivity contribution in [2.75, 3.05) is 7.11 Å². The Kier molecular flexibility index (Phi) is 3.89. The highest BCUT2D eigenvalue weighted by atomic mass is 16.5. The van der Waals surface area contributed by atoms with Gasteiger partial charge in [0.25, 0.3) is 0 Å². The van der Waals surface area contributed by atoms with E-state index < -0.39 is 0 Å². The van der Waals surface area contributed by atoms with Crippen LogP contribution in [0.1, 0.15) is 36.7 Å². The van der Waals surface area contributed by atoms with E-state index in [4.69, 9.17) is 4.74 Å². The van der Waals surface area contributed by atoms with Gasteiger partial charge in [-0.3, -0.25) is 4.79 Å². The van der Waals surface area contributed by atoms with Gasteiger partial charge in [0.15, 0.2) is 5.78 Å². The summed E-state index contributed by atoms with van der Waals surface area (Å²) in [5.74, 6) is 0.828. The smallest absolute Gasteiger partial charge is 0.169 e.